The number of anilines is 1. The first kappa shape index (κ1) is 58.7. The fraction of sp³-hybridized carbons (Fsp3) is 0.358. The number of aliphatic hydroxyl groups is 1. The zero-order chi connectivity index (χ0) is 58.6. The number of aryl methyl sites for hydroxylation is 1. The lowest BCUT2D eigenvalue weighted by molar-refractivity contribution is -0.148. The van der Waals surface area contributed by atoms with Gasteiger partial charge in [-0.25, -0.2) is 34.7 Å². The van der Waals surface area contributed by atoms with Gasteiger partial charge < -0.3 is 46.3 Å². The van der Waals surface area contributed by atoms with Crippen LogP contribution in [-0.4, -0.2) is 138 Å². The summed E-state index contributed by atoms with van der Waals surface area (Å²) in [5.74, 6) is -4.30. The molecular formula is C53H53N13O11S6. The Balaban J connectivity index is 1.02. The van der Waals surface area contributed by atoms with Crippen molar-refractivity contribution in [1.82, 2.24) is 56.5 Å². The molecule has 83 heavy (non-hydrogen) atoms. The van der Waals surface area contributed by atoms with Crippen LogP contribution in [0, 0.1) is 18.8 Å². The van der Waals surface area contributed by atoms with Gasteiger partial charge in [0.15, 0.2) is 0 Å². The van der Waals surface area contributed by atoms with Crippen molar-refractivity contribution in [3.63, 3.8) is 0 Å². The fourth-order valence-electron chi connectivity index (χ4n) is 9.05. The average Bonchev–Trinajstić information content (AvgIpc) is 4.45. The molecule has 1 saturated carbocycles. The number of aliphatic carboxylic acids is 1. The first-order valence-corrected chi connectivity index (χ1v) is 31.0. The molecule has 0 spiro atoms. The van der Waals surface area contributed by atoms with Crippen molar-refractivity contribution in [3.8, 4) is 43.4 Å². The number of ether oxygens (including phenoxy) is 2. The third-order valence-corrected chi connectivity index (χ3v) is 19.4. The molecule has 0 saturated heterocycles. The minimum Gasteiger partial charge on any atom is -0.481 e. The molecule has 1 aromatic carbocycles. The number of methoxy groups -OCH3 is 1. The van der Waals surface area contributed by atoms with Crippen LogP contribution < -0.4 is 31.9 Å². The molecule has 6 amide bonds. The van der Waals surface area contributed by atoms with Gasteiger partial charge in [-0.1, -0.05) is 44.2 Å². The molecule has 6 atom stereocenters. The minimum atomic E-state index is -1.28. The van der Waals surface area contributed by atoms with Crippen molar-refractivity contribution in [2.24, 2.45) is 16.8 Å². The van der Waals surface area contributed by atoms with Crippen LogP contribution in [0.3, 0.4) is 0 Å². The lowest BCUT2D eigenvalue weighted by Crippen LogP contribution is -2.45. The molecular weight excluding hydrogens is 1190 g/mol. The van der Waals surface area contributed by atoms with Crippen LogP contribution in [0.4, 0.5) is 10.6 Å². The smallest absolute Gasteiger partial charge is 0.413 e. The zero-order valence-electron chi connectivity index (χ0n) is 44.7. The second-order valence-corrected chi connectivity index (χ2v) is 25.6. The van der Waals surface area contributed by atoms with E-state index in [4.69, 9.17) is 39.4 Å². The third-order valence-electron chi connectivity index (χ3n) is 13.5. The molecule has 3 aliphatic rings. The number of rotatable bonds is 11. The summed E-state index contributed by atoms with van der Waals surface area (Å²) < 4.78 is 10.9. The number of carbonyl (C=O) groups is 7. The first-order valence-electron chi connectivity index (χ1n) is 25.8. The van der Waals surface area contributed by atoms with Crippen LogP contribution in [0.2, 0.25) is 0 Å². The molecule has 8 N–H and O–H groups in total. The lowest BCUT2D eigenvalue weighted by Gasteiger charge is -2.31. The number of nitrogens with zero attached hydrogens (tertiary/aromatic N) is 7. The predicted molar refractivity (Wildman–Crippen MR) is 315 cm³/mol. The average molecular weight is 1240 g/mol. The molecule has 30 heteroatoms. The van der Waals surface area contributed by atoms with Crippen molar-refractivity contribution in [3.05, 3.63) is 95.8 Å². The van der Waals surface area contributed by atoms with E-state index in [0.29, 0.717) is 63.9 Å². The number of carbonyl (C=O) groups excluding carboxylic acids is 6. The molecule has 7 aromatic rings. The molecule has 24 nitrogen and oxygen atoms in total. The predicted octanol–water partition coefficient (Wildman–Crippen LogP) is 6.66. The quantitative estimate of drug-likeness (QED) is 0.0671. The van der Waals surface area contributed by atoms with Gasteiger partial charge in [0.2, 0.25) is 17.7 Å². The van der Waals surface area contributed by atoms with E-state index in [9.17, 15) is 43.8 Å². The number of fused-ring (bicyclic) bond motifs is 13. The number of carboxylic acids is 1. The molecule has 10 rings (SSSR count). The van der Waals surface area contributed by atoms with Gasteiger partial charge in [-0.05, 0) is 43.4 Å². The number of amides is 6. The number of aromatic nitrogens is 6. The second-order valence-electron chi connectivity index (χ2n) is 19.6. The summed E-state index contributed by atoms with van der Waals surface area (Å²) in [5.41, 5.74) is 2.61. The van der Waals surface area contributed by atoms with Crippen LogP contribution in [-0.2, 0) is 28.7 Å². The highest BCUT2D eigenvalue weighted by molar-refractivity contribution is 8.15. The van der Waals surface area contributed by atoms with E-state index in [1.54, 1.807) is 70.9 Å². The summed E-state index contributed by atoms with van der Waals surface area (Å²) in [6.07, 6.45) is -2.37. The van der Waals surface area contributed by atoms with Crippen molar-refractivity contribution >= 4 is 121 Å². The maximum absolute atomic E-state index is 14.3. The van der Waals surface area contributed by atoms with Crippen LogP contribution in [0.5, 0.6) is 0 Å². The molecule has 6 aromatic heterocycles. The SMILES string of the molecule is CNC(=O)C[C@@H]1NC(=O)c2csc(n2)-c2ccc(-c3nc(NC(=O)O[C@H]4C[C@H](C(=O)O)C4)cs3)nc2-c2csc(n2)-c2csc(n2)[C@H]([C@@H](O)c2ccccc2)NC(=O)CNC(=O)C2N=C(SC2COC)[C@H](C(C)C)NC(=O)c2nc1sc2C. The summed E-state index contributed by atoms with van der Waals surface area (Å²) in [6.45, 7) is 5.13. The normalized spacial score (nSPS) is 21.5. The summed E-state index contributed by atoms with van der Waals surface area (Å²) in [4.78, 5) is 128. The van der Waals surface area contributed by atoms with Crippen molar-refractivity contribution in [2.75, 3.05) is 32.6 Å². The topological polar surface area (TPSA) is 340 Å². The number of benzene rings is 1. The molecule has 2 unspecified atom stereocenters. The molecule has 8 heterocycles. The fourth-order valence-corrected chi connectivity index (χ4v) is 14.8. The highest BCUT2D eigenvalue weighted by Crippen LogP contribution is 2.40. The Hall–Kier alpha value is -7.45. The van der Waals surface area contributed by atoms with Crippen molar-refractivity contribution in [1.29, 1.82) is 0 Å². The standard InChI is InChI=1S/C53H53N13O11S6/c1-22(2)37-51-66-40(33(83-51)17-76-5)44(71)55-16-36(68)63-41(42(69)24-9-7-6-8-10-24)50-60-32(20-80-50)48-58-30(18-79-48)39-27(11-12-28(56-39)47-61-34(21-81-47)62-53(75)77-26-13-25(14-26)52(73)74)46-59-31(19-78-46)43(70)57-29(15-35(67)54-4)49-65-38(23(3)82-49)45(72)64-37/h6-12,18-22,25-26,29,33,37,40-42,69H,13-17H2,1-5H3,(H,54,67)(H,55,71)(H,57,70)(H,62,75)(H,63,68)(H,64,72)(H,73,74)/t25-,26-,29-,33?,37-,40?,41-,42-/m0/s1. The number of aliphatic hydroxyl groups excluding tert-OH is 1. The minimum absolute atomic E-state index is 0.0155. The summed E-state index contributed by atoms with van der Waals surface area (Å²) in [5, 5.41) is 46.4. The summed E-state index contributed by atoms with van der Waals surface area (Å²) in [7, 11) is 2.97. The van der Waals surface area contributed by atoms with Crippen molar-refractivity contribution < 1.29 is 53.2 Å². The largest absolute Gasteiger partial charge is 0.481 e. The number of nitrogens with one attached hydrogen (secondary N) is 6. The Bertz CT molecular complexity index is 3630. The van der Waals surface area contributed by atoms with E-state index >= 15 is 0 Å². The summed E-state index contributed by atoms with van der Waals surface area (Å²) in [6, 6.07) is 8.46. The van der Waals surface area contributed by atoms with Crippen LogP contribution in [0.1, 0.15) is 92.7 Å². The Labute approximate surface area is 497 Å². The maximum Gasteiger partial charge on any atom is 0.413 e. The Morgan fingerprint density at radius 1 is 0.771 bits per heavy atom. The Kier molecular flexibility index (Phi) is 18.1. The van der Waals surface area contributed by atoms with E-state index in [1.807, 2.05) is 13.8 Å². The van der Waals surface area contributed by atoms with E-state index < -0.39 is 95.7 Å². The van der Waals surface area contributed by atoms with Gasteiger partial charge in [-0.3, -0.25) is 39.1 Å². The summed E-state index contributed by atoms with van der Waals surface area (Å²) >= 11 is 7.22. The van der Waals surface area contributed by atoms with Gasteiger partial charge in [0.1, 0.15) is 83.6 Å². The molecule has 0 radical (unpaired) electrons. The molecule has 10 bridgehead atoms. The number of thiazole rings is 5. The number of pyridine rings is 1. The number of carboxylic acid groups (broad SMARTS) is 1. The van der Waals surface area contributed by atoms with Gasteiger partial charge in [-0.15, -0.1) is 68.4 Å². The first-order chi connectivity index (χ1) is 39.9. The molecule has 2 aliphatic heterocycles. The molecule has 1 aliphatic carbocycles. The van der Waals surface area contributed by atoms with Gasteiger partial charge >= 0.3 is 12.1 Å². The van der Waals surface area contributed by atoms with Crippen LogP contribution >= 0.6 is 68.4 Å². The highest BCUT2D eigenvalue weighted by Gasteiger charge is 2.41. The number of thioether (sulfide) groups is 1. The van der Waals surface area contributed by atoms with Crippen LogP contribution in [0.25, 0.3) is 43.4 Å². The van der Waals surface area contributed by atoms with Crippen LogP contribution in [0.15, 0.2) is 69.0 Å². The van der Waals surface area contributed by atoms with Gasteiger partial charge in [-0.2, -0.15) is 0 Å². The Morgan fingerprint density at radius 3 is 2.24 bits per heavy atom. The van der Waals surface area contributed by atoms with E-state index in [2.05, 4.69) is 36.9 Å². The third kappa shape index (κ3) is 13.3. The van der Waals surface area contributed by atoms with Gasteiger partial charge in [0.25, 0.3) is 11.8 Å². The van der Waals surface area contributed by atoms with Gasteiger partial charge in [0, 0.05) is 46.1 Å². The van der Waals surface area contributed by atoms with E-state index in [1.165, 1.54) is 59.9 Å². The molecule has 432 valence electrons. The van der Waals surface area contributed by atoms with E-state index in [0.717, 1.165) is 22.7 Å². The monoisotopic (exact) mass is 1240 g/mol. The second kappa shape index (κ2) is 25.6. The molecule has 1 fully saturated rings. The Morgan fingerprint density at radius 2 is 1.49 bits per heavy atom. The highest BCUT2D eigenvalue weighted by atomic mass is 32.2. The number of hydrogen-bond acceptors (Lipinski definition) is 23. The zero-order valence-corrected chi connectivity index (χ0v) is 49.6. The number of hydrogen-bond donors (Lipinski definition) is 8. The lowest BCUT2D eigenvalue weighted by atomic mass is 9.82. The van der Waals surface area contributed by atoms with Gasteiger partial charge in [0.05, 0.1) is 53.6 Å². The maximum atomic E-state index is 14.3. The van der Waals surface area contributed by atoms with Crippen molar-refractivity contribution in [2.45, 2.75) is 81.7 Å². The van der Waals surface area contributed by atoms with E-state index in [-0.39, 0.29) is 54.0 Å². The number of aliphatic imine (C=N–C) groups is 1.